The number of halogens is 4. The average Bonchev–Trinajstić information content (AvgIpc) is 2.83. The van der Waals surface area contributed by atoms with Crippen molar-refractivity contribution in [1.29, 1.82) is 0 Å². The van der Waals surface area contributed by atoms with Gasteiger partial charge in [-0.2, -0.15) is 13.2 Å². The van der Waals surface area contributed by atoms with Crippen molar-refractivity contribution in [2.75, 3.05) is 0 Å². The van der Waals surface area contributed by atoms with Crippen molar-refractivity contribution < 1.29 is 13.2 Å². The van der Waals surface area contributed by atoms with E-state index in [0.29, 0.717) is 32.3 Å². The number of para-hydroxylation sites is 1. The van der Waals surface area contributed by atoms with Crippen molar-refractivity contribution in [2.24, 2.45) is 0 Å². The molecule has 0 N–H and O–H groups in total. The minimum Gasteiger partial charge on any atom is -0.290 e. The molecule has 0 unspecified atom stereocenters. The Morgan fingerprint density at radius 1 is 0.955 bits per heavy atom. The van der Waals surface area contributed by atoms with Gasteiger partial charge in [0.15, 0.2) is 0 Å². The minimum atomic E-state index is -4.55. The molecule has 0 saturated carbocycles. The highest BCUT2D eigenvalue weighted by atomic mass is 35.5. The number of hydrogen-bond acceptors (Lipinski definition) is 1. The van der Waals surface area contributed by atoms with Crippen LogP contribution in [0.15, 0.2) is 48.5 Å². The van der Waals surface area contributed by atoms with Crippen LogP contribution in [0.25, 0.3) is 27.3 Å². The maximum Gasteiger partial charge on any atom is 0.450 e. The topological polar surface area (TPSA) is 17.3 Å². The third-order valence-electron chi connectivity index (χ3n) is 3.64. The summed E-state index contributed by atoms with van der Waals surface area (Å²) in [6, 6.07) is 13.3. The highest BCUT2D eigenvalue weighted by Crippen LogP contribution is 2.35. The second kappa shape index (κ2) is 4.36. The van der Waals surface area contributed by atoms with Crippen LogP contribution in [-0.2, 0) is 6.18 Å². The SMILES string of the molecule is FC(F)(F)c1nc2ccccc2c2cc3cc(Cl)ccc3n12. The third kappa shape index (κ3) is 1.85. The standard InChI is InChI=1S/C16H8ClF3N2/c17-10-5-6-13-9(7-10)8-14-11-3-1-2-4-12(11)21-15(22(13)14)16(18,19)20/h1-8H. The van der Waals surface area contributed by atoms with E-state index in [0.717, 1.165) is 4.40 Å². The van der Waals surface area contributed by atoms with E-state index in [9.17, 15) is 13.2 Å². The Balaban J connectivity index is 2.31. The van der Waals surface area contributed by atoms with Crippen molar-refractivity contribution in [3.05, 3.63) is 59.4 Å². The summed E-state index contributed by atoms with van der Waals surface area (Å²) in [5.74, 6) is -0.932. The fourth-order valence-corrected chi connectivity index (χ4v) is 2.94. The summed E-state index contributed by atoms with van der Waals surface area (Å²) in [4.78, 5) is 3.82. The van der Waals surface area contributed by atoms with Crippen LogP contribution < -0.4 is 0 Å². The Kier molecular flexibility index (Phi) is 2.66. The smallest absolute Gasteiger partial charge is 0.290 e. The van der Waals surface area contributed by atoms with Crippen LogP contribution in [-0.4, -0.2) is 9.38 Å². The van der Waals surface area contributed by atoms with Gasteiger partial charge in [-0.3, -0.25) is 4.40 Å². The Morgan fingerprint density at radius 2 is 1.73 bits per heavy atom. The van der Waals surface area contributed by atoms with Gasteiger partial charge in [-0.15, -0.1) is 0 Å². The molecule has 110 valence electrons. The van der Waals surface area contributed by atoms with Gasteiger partial charge in [0.25, 0.3) is 0 Å². The molecule has 0 fully saturated rings. The first-order valence-corrected chi connectivity index (χ1v) is 6.89. The number of benzene rings is 2. The van der Waals surface area contributed by atoms with E-state index in [1.165, 1.54) is 0 Å². The third-order valence-corrected chi connectivity index (χ3v) is 3.87. The van der Waals surface area contributed by atoms with Gasteiger partial charge in [0, 0.05) is 15.8 Å². The zero-order valence-corrected chi connectivity index (χ0v) is 11.8. The van der Waals surface area contributed by atoms with Crippen LogP contribution in [0.4, 0.5) is 13.2 Å². The Morgan fingerprint density at radius 3 is 2.50 bits per heavy atom. The van der Waals surface area contributed by atoms with Crippen LogP contribution in [0.1, 0.15) is 5.82 Å². The Bertz CT molecular complexity index is 1030. The van der Waals surface area contributed by atoms with Gasteiger partial charge in [-0.05, 0) is 30.3 Å². The van der Waals surface area contributed by atoms with Crippen LogP contribution in [0.2, 0.25) is 5.02 Å². The molecule has 0 aliphatic rings. The number of nitrogens with zero attached hydrogens (tertiary/aromatic N) is 2. The zero-order valence-electron chi connectivity index (χ0n) is 11.0. The zero-order chi connectivity index (χ0) is 15.5. The maximum absolute atomic E-state index is 13.4. The quantitative estimate of drug-likeness (QED) is 0.429. The molecular formula is C16H8ClF3N2. The van der Waals surface area contributed by atoms with Crippen molar-refractivity contribution in [1.82, 2.24) is 9.38 Å². The number of hydrogen-bond donors (Lipinski definition) is 0. The van der Waals surface area contributed by atoms with E-state index < -0.39 is 12.0 Å². The molecule has 0 radical (unpaired) electrons. The molecule has 4 aromatic rings. The predicted octanol–water partition coefficient (Wildman–Crippen LogP) is 5.31. The lowest BCUT2D eigenvalue weighted by atomic mass is 10.2. The van der Waals surface area contributed by atoms with Gasteiger partial charge in [-0.1, -0.05) is 29.8 Å². The van der Waals surface area contributed by atoms with E-state index in [4.69, 9.17) is 11.6 Å². The minimum absolute atomic E-state index is 0.316. The molecule has 0 bridgehead atoms. The molecule has 2 aromatic heterocycles. The van der Waals surface area contributed by atoms with E-state index in [2.05, 4.69) is 4.98 Å². The molecule has 2 aromatic carbocycles. The second-order valence-corrected chi connectivity index (χ2v) is 5.45. The largest absolute Gasteiger partial charge is 0.450 e. The summed E-state index contributed by atoms with van der Waals surface area (Å²) in [7, 11) is 0. The van der Waals surface area contributed by atoms with E-state index in [1.54, 1.807) is 48.5 Å². The molecule has 2 heterocycles. The molecule has 0 spiro atoms. The maximum atomic E-state index is 13.4. The Labute approximate surface area is 127 Å². The summed E-state index contributed by atoms with van der Waals surface area (Å²) in [5, 5.41) is 1.80. The molecule has 0 amide bonds. The molecule has 0 saturated heterocycles. The second-order valence-electron chi connectivity index (χ2n) is 5.02. The number of aromatic nitrogens is 2. The lowest BCUT2D eigenvalue weighted by Gasteiger charge is -2.12. The first-order valence-electron chi connectivity index (χ1n) is 6.52. The highest BCUT2D eigenvalue weighted by Gasteiger charge is 2.36. The van der Waals surface area contributed by atoms with Crippen LogP contribution in [0, 0.1) is 0 Å². The van der Waals surface area contributed by atoms with E-state index in [1.807, 2.05) is 0 Å². The fraction of sp³-hybridized carbons (Fsp3) is 0.0625. The van der Waals surface area contributed by atoms with Crippen molar-refractivity contribution in [3.8, 4) is 0 Å². The summed E-state index contributed by atoms with van der Waals surface area (Å²) in [5.41, 5.74) is 1.22. The van der Waals surface area contributed by atoms with Crippen molar-refractivity contribution in [3.63, 3.8) is 0 Å². The van der Waals surface area contributed by atoms with E-state index in [-0.39, 0.29) is 0 Å². The average molecular weight is 321 g/mol. The molecule has 0 aliphatic carbocycles. The first kappa shape index (κ1) is 13.4. The van der Waals surface area contributed by atoms with Gasteiger partial charge in [0.05, 0.1) is 16.6 Å². The lowest BCUT2D eigenvalue weighted by molar-refractivity contribution is -0.145. The normalized spacial score (nSPS) is 12.5. The predicted molar refractivity (Wildman–Crippen MR) is 80.2 cm³/mol. The Hall–Kier alpha value is -2.27. The van der Waals surface area contributed by atoms with Gasteiger partial charge in [0.2, 0.25) is 5.82 Å². The summed E-state index contributed by atoms with van der Waals surface area (Å²) in [6.45, 7) is 0. The first-order chi connectivity index (χ1) is 10.4. The molecule has 2 nitrogen and oxygen atoms in total. The van der Waals surface area contributed by atoms with Gasteiger partial charge in [0.1, 0.15) is 0 Å². The van der Waals surface area contributed by atoms with Gasteiger partial charge in [-0.25, -0.2) is 4.98 Å². The highest BCUT2D eigenvalue weighted by molar-refractivity contribution is 6.31. The molecular weight excluding hydrogens is 313 g/mol. The summed E-state index contributed by atoms with van der Waals surface area (Å²) >= 11 is 5.95. The van der Waals surface area contributed by atoms with E-state index >= 15 is 0 Å². The molecule has 6 heteroatoms. The molecule has 4 rings (SSSR count). The lowest BCUT2D eigenvalue weighted by Crippen LogP contribution is -2.14. The van der Waals surface area contributed by atoms with Gasteiger partial charge < -0.3 is 0 Å². The van der Waals surface area contributed by atoms with Crippen molar-refractivity contribution in [2.45, 2.75) is 6.18 Å². The number of rotatable bonds is 0. The molecule has 0 aliphatic heterocycles. The van der Waals surface area contributed by atoms with Crippen LogP contribution >= 0.6 is 11.6 Å². The molecule has 0 atom stereocenters. The summed E-state index contributed by atoms with van der Waals surface area (Å²) in [6.07, 6.45) is -4.55. The number of fused-ring (bicyclic) bond motifs is 5. The fourth-order valence-electron chi connectivity index (χ4n) is 2.75. The van der Waals surface area contributed by atoms with Crippen LogP contribution in [0.3, 0.4) is 0 Å². The molecule has 22 heavy (non-hydrogen) atoms. The summed E-state index contributed by atoms with van der Waals surface area (Å²) < 4.78 is 41.4. The monoisotopic (exact) mass is 320 g/mol. The van der Waals surface area contributed by atoms with Crippen molar-refractivity contribution >= 4 is 38.9 Å². The van der Waals surface area contributed by atoms with Crippen LogP contribution in [0.5, 0.6) is 0 Å². The number of alkyl halides is 3. The van der Waals surface area contributed by atoms with Gasteiger partial charge >= 0.3 is 6.18 Å².